The Morgan fingerprint density at radius 3 is 2.50 bits per heavy atom. The fourth-order valence-corrected chi connectivity index (χ4v) is 2.62. The Morgan fingerprint density at radius 2 is 1.94 bits per heavy atom. The molecule has 16 heavy (non-hydrogen) atoms. The first-order valence-electron chi connectivity index (χ1n) is 6.39. The van der Waals surface area contributed by atoms with Crippen molar-refractivity contribution in [2.45, 2.75) is 64.8 Å². The minimum absolute atomic E-state index is 0.241. The first-order chi connectivity index (χ1) is 7.53. The summed E-state index contributed by atoms with van der Waals surface area (Å²) in [5.41, 5.74) is 0.483. The summed E-state index contributed by atoms with van der Waals surface area (Å²) in [5.74, 6) is 0.241. The van der Waals surface area contributed by atoms with E-state index in [-0.39, 0.29) is 5.91 Å². The average Bonchev–Trinajstić information content (AvgIpc) is 2.22. The Kier molecular flexibility index (Phi) is 5.81. The second kappa shape index (κ2) is 6.63. The van der Waals surface area contributed by atoms with Crippen molar-refractivity contribution < 1.29 is 4.79 Å². The lowest BCUT2D eigenvalue weighted by Gasteiger charge is -2.34. The number of hydrogen-bond donors (Lipinski definition) is 1. The van der Waals surface area contributed by atoms with Gasteiger partial charge in [-0.2, -0.15) is 0 Å². The minimum atomic E-state index is 0.241. The van der Waals surface area contributed by atoms with Gasteiger partial charge in [-0.1, -0.05) is 29.8 Å². The lowest BCUT2D eigenvalue weighted by molar-refractivity contribution is -0.122. The van der Waals surface area contributed by atoms with Gasteiger partial charge < -0.3 is 5.32 Å². The molecule has 0 aromatic carbocycles. The molecule has 0 aromatic rings. The molecule has 1 amide bonds. The maximum absolute atomic E-state index is 11.6. The van der Waals surface area contributed by atoms with E-state index in [0.717, 1.165) is 31.0 Å². The standard InChI is InChI=1S/C13H24BrNO/c1-13(2)8-6-11(7-9-13)15-12(16)5-3-4-10-14/h11H,3-10H2,1-2H3,(H,15,16). The average molecular weight is 290 g/mol. The molecule has 0 aromatic heterocycles. The number of carbonyl (C=O) groups excluding carboxylic acids is 1. The molecule has 1 fully saturated rings. The number of nitrogens with one attached hydrogen (secondary N) is 1. The first-order valence-corrected chi connectivity index (χ1v) is 7.51. The number of carbonyl (C=O) groups is 1. The highest BCUT2D eigenvalue weighted by atomic mass is 79.9. The van der Waals surface area contributed by atoms with Crippen LogP contribution >= 0.6 is 15.9 Å². The van der Waals surface area contributed by atoms with Crippen LogP contribution < -0.4 is 5.32 Å². The Labute approximate surface area is 108 Å². The highest BCUT2D eigenvalue weighted by Gasteiger charge is 2.27. The Balaban J connectivity index is 2.16. The van der Waals surface area contributed by atoms with E-state index in [1.54, 1.807) is 0 Å². The zero-order chi connectivity index (χ0) is 12.0. The fraction of sp³-hybridized carbons (Fsp3) is 0.923. The number of alkyl halides is 1. The highest BCUT2D eigenvalue weighted by molar-refractivity contribution is 9.09. The van der Waals surface area contributed by atoms with Crippen molar-refractivity contribution in [3.63, 3.8) is 0 Å². The third-order valence-electron chi connectivity index (χ3n) is 3.49. The molecular formula is C13H24BrNO. The molecular weight excluding hydrogens is 266 g/mol. The molecule has 0 heterocycles. The van der Waals surface area contributed by atoms with Crippen LogP contribution in [0.4, 0.5) is 0 Å². The van der Waals surface area contributed by atoms with Gasteiger partial charge >= 0.3 is 0 Å². The van der Waals surface area contributed by atoms with Crippen LogP contribution in [0.15, 0.2) is 0 Å². The molecule has 0 spiro atoms. The second-order valence-corrected chi connectivity index (χ2v) is 6.45. The number of halogens is 1. The van der Waals surface area contributed by atoms with Gasteiger partial charge in [0.2, 0.25) is 5.91 Å². The van der Waals surface area contributed by atoms with Gasteiger partial charge in [-0.05, 0) is 43.9 Å². The van der Waals surface area contributed by atoms with Gasteiger partial charge in [0.1, 0.15) is 0 Å². The van der Waals surface area contributed by atoms with Crippen molar-refractivity contribution >= 4 is 21.8 Å². The molecule has 0 atom stereocenters. The van der Waals surface area contributed by atoms with Crippen molar-refractivity contribution in [3.05, 3.63) is 0 Å². The number of amides is 1. The van der Waals surface area contributed by atoms with Gasteiger partial charge in [0, 0.05) is 17.8 Å². The van der Waals surface area contributed by atoms with Crippen LogP contribution in [0, 0.1) is 5.41 Å². The molecule has 2 nitrogen and oxygen atoms in total. The van der Waals surface area contributed by atoms with Crippen LogP contribution in [-0.4, -0.2) is 17.3 Å². The molecule has 1 rings (SSSR count). The summed E-state index contributed by atoms with van der Waals surface area (Å²) in [7, 11) is 0. The van der Waals surface area contributed by atoms with E-state index < -0.39 is 0 Å². The van der Waals surface area contributed by atoms with Crippen LogP contribution in [0.25, 0.3) is 0 Å². The predicted molar refractivity (Wildman–Crippen MR) is 71.8 cm³/mol. The molecule has 0 saturated heterocycles. The van der Waals surface area contributed by atoms with Gasteiger partial charge in [0.25, 0.3) is 0 Å². The van der Waals surface area contributed by atoms with Crippen molar-refractivity contribution in [1.29, 1.82) is 0 Å². The number of unbranched alkanes of at least 4 members (excludes halogenated alkanes) is 1. The minimum Gasteiger partial charge on any atom is -0.353 e. The highest BCUT2D eigenvalue weighted by Crippen LogP contribution is 2.34. The zero-order valence-corrected chi connectivity index (χ0v) is 12.1. The number of rotatable bonds is 5. The normalized spacial score (nSPS) is 20.7. The van der Waals surface area contributed by atoms with Crippen molar-refractivity contribution in [2.24, 2.45) is 5.41 Å². The molecule has 0 bridgehead atoms. The molecule has 1 aliphatic rings. The maximum atomic E-state index is 11.6. The summed E-state index contributed by atoms with van der Waals surface area (Å²) in [5, 5.41) is 4.16. The molecule has 1 N–H and O–H groups in total. The van der Waals surface area contributed by atoms with Gasteiger partial charge in [-0.3, -0.25) is 4.79 Å². The van der Waals surface area contributed by atoms with E-state index >= 15 is 0 Å². The van der Waals surface area contributed by atoms with Gasteiger partial charge in [0.15, 0.2) is 0 Å². The van der Waals surface area contributed by atoms with E-state index in [1.165, 1.54) is 12.8 Å². The third kappa shape index (κ3) is 5.33. The molecule has 1 aliphatic carbocycles. The largest absolute Gasteiger partial charge is 0.353 e. The van der Waals surface area contributed by atoms with Crippen molar-refractivity contribution in [3.8, 4) is 0 Å². The summed E-state index contributed by atoms with van der Waals surface area (Å²) in [6.07, 6.45) is 7.54. The third-order valence-corrected chi connectivity index (χ3v) is 4.05. The summed E-state index contributed by atoms with van der Waals surface area (Å²) in [4.78, 5) is 11.6. The van der Waals surface area contributed by atoms with Gasteiger partial charge in [0.05, 0.1) is 0 Å². The van der Waals surface area contributed by atoms with Crippen molar-refractivity contribution in [2.75, 3.05) is 5.33 Å². The molecule has 0 radical (unpaired) electrons. The van der Waals surface area contributed by atoms with E-state index in [0.29, 0.717) is 17.9 Å². The summed E-state index contributed by atoms with van der Waals surface area (Å²) in [6.45, 7) is 4.64. The quantitative estimate of drug-likeness (QED) is 0.608. The first kappa shape index (κ1) is 14.0. The van der Waals surface area contributed by atoms with Crippen LogP contribution in [0.3, 0.4) is 0 Å². The smallest absolute Gasteiger partial charge is 0.220 e. The Hall–Kier alpha value is -0.0500. The zero-order valence-electron chi connectivity index (χ0n) is 10.5. The van der Waals surface area contributed by atoms with Gasteiger partial charge in [-0.15, -0.1) is 0 Å². The van der Waals surface area contributed by atoms with E-state index in [1.807, 2.05) is 0 Å². The van der Waals surface area contributed by atoms with Gasteiger partial charge in [-0.25, -0.2) is 0 Å². The summed E-state index contributed by atoms with van der Waals surface area (Å²) in [6, 6.07) is 0.435. The molecule has 0 aliphatic heterocycles. The summed E-state index contributed by atoms with van der Waals surface area (Å²) < 4.78 is 0. The maximum Gasteiger partial charge on any atom is 0.220 e. The Morgan fingerprint density at radius 1 is 1.31 bits per heavy atom. The van der Waals surface area contributed by atoms with Crippen LogP contribution in [0.5, 0.6) is 0 Å². The van der Waals surface area contributed by atoms with E-state index in [9.17, 15) is 4.79 Å². The summed E-state index contributed by atoms with van der Waals surface area (Å²) >= 11 is 3.38. The van der Waals surface area contributed by atoms with Crippen LogP contribution in [0.1, 0.15) is 58.8 Å². The van der Waals surface area contributed by atoms with Crippen molar-refractivity contribution in [1.82, 2.24) is 5.32 Å². The molecule has 1 saturated carbocycles. The van der Waals surface area contributed by atoms with Crippen LogP contribution in [-0.2, 0) is 4.79 Å². The van der Waals surface area contributed by atoms with Crippen LogP contribution in [0.2, 0.25) is 0 Å². The number of hydrogen-bond acceptors (Lipinski definition) is 1. The monoisotopic (exact) mass is 289 g/mol. The lowest BCUT2D eigenvalue weighted by atomic mass is 9.75. The second-order valence-electron chi connectivity index (χ2n) is 5.65. The Bertz CT molecular complexity index is 218. The van der Waals surface area contributed by atoms with E-state index in [4.69, 9.17) is 0 Å². The molecule has 3 heteroatoms. The fourth-order valence-electron chi connectivity index (χ4n) is 2.22. The topological polar surface area (TPSA) is 29.1 Å². The van der Waals surface area contributed by atoms with E-state index in [2.05, 4.69) is 35.1 Å². The molecule has 0 unspecified atom stereocenters. The predicted octanol–water partition coefficient (Wildman–Crippen LogP) is 3.64. The molecule has 94 valence electrons. The SMILES string of the molecule is CC1(C)CCC(NC(=O)CCCCBr)CC1. The lowest BCUT2D eigenvalue weighted by Crippen LogP contribution is -2.39.